The van der Waals surface area contributed by atoms with E-state index in [2.05, 4.69) is 46.4 Å². The number of hydrogen-bond donors (Lipinski definition) is 0. The second-order valence-electron chi connectivity index (χ2n) is 6.00. The van der Waals surface area contributed by atoms with E-state index in [1.165, 1.54) is 51.1 Å². The molecule has 0 N–H and O–H groups in total. The lowest BCUT2D eigenvalue weighted by Crippen LogP contribution is -1.74. The first-order valence-corrected chi connectivity index (χ1v) is 9.36. The minimum Gasteiger partial charge on any atom is -0.264 e. The van der Waals surface area contributed by atoms with Crippen molar-refractivity contribution in [3.05, 3.63) is 61.2 Å². The molecule has 0 unspecified atom stereocenters. The lowest BCUT2D eigenvalue weighted by molar-refractivity contribution is 1.37. The summed E-state index contributed by atoms with van der Waals surface area (Å²) in [5.74, 6) is 0. The molecule has 0 radical (unpaired) electrons. The first kappa shape index (κ1) is 12.8. The second-order valence-corrected chi connectivity index (χ2v) is 8.11. The van der Waals surface area contributed by atoms with E-state index in [1.54, 1.807) is 0 Å². The summed E-state index contributed by atoms with van der Waals surface area (Å²) in [5, 5.41) is 7.63. The molecule has 6 rings (SSSR count). The SMILES string of the molecule is c1cc2cc3c(cc2cn1)sc1c2cc4cnccc4cc2sc31. The van der Waals surface area contributed by atoms with Crippen molar-refractivity contribution in [2.75, 3.05) is 0 Å². The van der Waals surface area contributed by atoms with Gasteiger partial charge in [-0.05, 0) is 47.2 Å². The molecule has 0 saturated heterocycles. The summed E-state index contributed by atoms with van der Waals surface area (Å²) < 4.78 is 5.47. The maximum absolute atomic E-state index is 4.26. The molecule has 112 valence electrons. The Balaban J connectivity index is 1.81. The number of pyridine rings is 2. The zero-order chi connectivity index (χ0) is 15.7. The molecule has 0 aliphatic carbocycles. The van der Waals surface area contributed by atoms with Gasteiger partial charge in [0.05, 0.1) is 9.40 Å². The van der Waals surface area contributed by atoms with E-state index in [0.717, 1.165) is 0 Å². The summed E-state index contributed by atoms with van der Waals surface area (Å²) in [6, 6.07) is 13.3. The van der Waals surface area contributed by atoms with Crippen molar-refractivity contribution < 1.29 is 0 Å². The Bertz CT molecular complexity index is 1300. The molecule has 0 aliphatic heterocycles. The molecular weight excluding hydrogens is 332 g/mol. The maximum Gasteiger partial charge on any atom is 0.0542 e. The third-order valence-corrected chi connectivity index (χ3v) is 7.10. The number of benzene rings is 2. The van der Waals surface area contributed by atoms with Gasteiger partial charge in [0.25, 0.3) is 0 Å². The van der Waals surface area contributed by atoms with Crippen LogP contribution in [0.15, 0.2) is 61.2 Å². The van der Waals surface area contributed by atoms with Gasteiger partial charge in [0, 0.05) is 55.7 Å². The molecule has 2 nitrogen and oxygen atoms in total. The Labute approximate surface area is 145 Å². The fourth-order valence-corrected chi connectivity index (χ4v) is 6.12. The highest BCUT2D eigenvalue weighted by atomic mass is 32.1. The molecule has 0 fully saturated rings. The predicted molar refractivity (Wildman–Crippen MR) is 105 cm³/mol. The normalized spacial score (nSPS) is 12.2. The summed E-state index contributed by atoms with van der Waals surface area (Å²) in [4.78, 5) is 8.51. The minimum atomic E-state index is 1.21. The van der Waals surface area contributed by atoms with E-state index in [4.69, 9.17) is 0 Å². The number of thiophene rings is 2. The van der Waals surface area contributed by atoms with Crippen molar-refractivity contribution in [2.24, 2.45) is 0 Å². The van der Waals surface area contributed by atoms with Gasteiger partial charge in [-0.1, -0.05) is 0 Å². The second kappa shape index (κ2) is 4.50. The van der Waals surface area contributed by atoms with Crippen LogP contribution in [0.3, 0.4) is 0 Å². The van der Waals surface area contributed by atoms with Crippen molar-refractivity contribution in [1.82, 2.24) is 9.97 Å². The van der Waals surface area contributed by atoms with Gasteiger partial charge in [0.2, 0.25) is 0 Å². The number of hydrogen-bond acceptors (Lipinski definition) is 4. The largest absolute Gasteiger partial charge is 0.264 e. The summed E-state index contributed by atoms with van der Waals surface area (Å²) in [6.07, 6.45) is 7.62. The van der Waals surface area contributed by atoms with Crippen LogP contribution in [-0.2, 0) is 0 Å². The topological polar surface area (TPSA) is 25.8 Å². The van der Waals surface area contributed by atoms with Crippen molar-refractivity contribution in [3.63, 3.8) is 0 Å². The molecular formula is C20H10N2S2. The van der Waals surface area contributed by atoms with Crippen LogP contribution in [0.1, 0.15) is 0 Å². The fraction of sp³-hybridized carbons (Fsp3) is 0. The summed E-state index contributed by atoms with van der Waals surface area (Å²) in [7, 11) is 0. The van der Waals surface area contributed by atoms with Crippen LogP contribution < -0.4 is 0 Å². The van der Waals surface area contributed by atoms with Gasteiger partial charge in [-0.2, -0.15) is 0 Å². The van der Waals surface area contributed by atoms with Crippen LogP contribution in [0.25, 0.3) is 51.1 Å². The van der Waals surface area contributed by atoms with Crippen LogP contribution in [0.2, 0.25) is 0 Å². The van der Waals surface area contributed by atoms with E-state index in [1.807, 2.05) is 47.5 Å². The van der Waals surface area contributed by atoms with E-state index in [-0.39, 0.29) is 0 Å². The zero-order valence-corrected chi connectivity index (χ0v) is 14.1. The molecule has 24 heavy (non-hydrogen) atoms. The van der Waals surface area contributed by atoms with Crippen LogP contribution in [-0.4, -0.2) is 9.97 Å². The van der Waals surface area contributed by atoms with Crippen molar-refractivity contribution in [3.8, 4) is 0 Å². The molecule has 0 saturated carbocycles. The van der Waals surface area contributed by atoms with Gasteiger partial charge >= 0.3 is 0 Å². The van der Waals surface area contributed by atoms with Crippen molar-refractivity contribution in [2.45, 2.75) is 0 Å². The van der Waals surface area contributed by atoms with E-state index < -0.39 is 0 Å². The van der Waals surface area contributed by atoms with Gasteiger partial charge in [-0.15, -0.1) is 22.7 Å². The van der Waals surface area contributed by atoms with Crippen LogP contribution in [0.4, 0.5) is 0 Å². The Kier molecular flexibility index (Phi) is 2.40. The quantitative estimate of drug-likeness (QED) is 0.321. The average Bonchev–Trinajstić information content (AvgIpc) is 3.13. The highest BCUT2D eigenvalue weighted by molar-refractivity contribution is 7.36. The third-order valence-electron chi connectivity index (χ3n) is 4.60. The summed E-state index contributed by atoms with van der Waals surface area (Å²) in [5.41, 5.74) is 0. The molecule has 4 aromatic heterocycles. The highest BCUT2D eigenvalue weighted by Gasteiger charge is 2.13. The zero-order valence-electron chi connectivity index (χ0n) is 12.5. The first-order chi connectivity index (χ1) is 11.9. The van der Waals surface area contributed by atoms with Gasteiger partial charge in [-0.3, -0.25) is 9.97 Å². The molecule has 0 atom stereocenters. The minimum absolute atomic E-state index is 1.21. The van der Waals surface area contributed by atoms with E-state index >= 15 is 0 Å². The summed E-state index contributed by atoms with van der Waals surface area (Å²) >= 11 is 3.78. The summed E-state index contributed by atoms with van der Waals surface area (Å²) in [6.45, 7) is 0. The monoisotopic (exact) mass is 342 g/mol. The number of nitrogens with zero attached hydrogens (tertiary/aromatic N) is 2. The maximum atomic E-state index is 4.26. The Morgan fingerprint density at radius 1 is 0.583 bits per heavy atom. The van der Waals surface area contributed by atoms with Crippen LogP contribution >= 0.6 is 22.7 Å². The third kappa shape index (κ3) is 1.64. The molecule has 4 heteroatoms. The lowest BCUT2D eigenvalue weighted by Gasteiger charge is -1.98. The number of aromatic nitrogens is 2. The van der Waals surface area contributed by atoms with Crippen LogP contribution in [0.5, 0.6) is 0 Å². The molecule has 0 amide bonds. The predicted octanol–water partition coefficient (Wildman–Crippen LogP) is 6.37. The number of fused-ring (bicyclic) bond motifs is 7. The Morgan fingerprint density at radius 3 is 1.75 bits per heavy atom. The van der Waals surface area contributed by atoms with Crippen molar-refractivity contribution in [1.29, 1.82) is 0 Å². The molecule has 4 heterocycles. The highest BCUT2D eigenvalue weighted by Crippen LogP contribution is 2.45. The lowest BCUT2D eigenvalue weighted by atomic mass is 10.1. The van der Waals surface area contributed by atoms with E-state index in [0.29, 0.717) is 0 Å². The molecule has 0 bridgehead atoms. The fourth-order valence-electron chi connectivity index (χ4n) is 3.42. The standard InChI is InChI=1S/C20H10N2S2/c1-3-22-10-14-8-18-15(5-11(1)14)19-20(24-18)16-6-13-9-21-4-2-12(13)7-17(16)23-19/h1-10H. The van der Waals surface area contributed by atoms with Crippen molar-refractivity contribution >= 4 is 73.8 Å². The van der Waals surface area contributed by atoms with Crippen LogP contribution in [0, 0.1) is 0 Å². The Morgan fingerprint density at radius 2 is 1.08 bits per heavy atom. The van der Waals surface area contributed by atoms with Gasteiger partial charge in [-0.25, -0.2) is 0 Å². The molecule has 6 aromatic rings. The van der Waals surface area contributed by atoms with Gasteiger partial charge in [0.15, 0.2) is 0 Å². The average molecular weight is 342 g/mol. The molecule has 0 spiro atoms. The Hall–Kier alpha value is -2.56. The molecule has 2 aromatic carbocycles. The molecule has 0 aliphatic rings. The van der Waals surface area contributed by atoms with Gasteiger partial charge in [0.1, 0.15) is 0 Å². The van der Waals surface area contributed by atoms with E-state index in [9.17, 15) is 0 Å². The van der Waals surface area contributed by atoms with Gasteiger partial charge < -0.3 is 0 Å². The number of rotatable bonds is 0. The first-order valence-electron chi connectivity index (χ1n) is 7.73. The smallest absolute Gasteiger partial charge is 0.0542 e.